The molecule has 2 heterocycles. The molecule has 82 valence electrons. The average molecular weight is 215 g/mol. The summed E-state index contributed by atoms with van der Waals surface area (Å²) in [4.78, 5) is 8.14. The van der Waals surface area contributed by atoms with Gasteiger partial charge < -0.3 is 5.32 Å². The van der Waals surface area contributed by atoms with E-state index in [1.54, 1.807) is 18.6 Å². The van der Waals surface area contributed by atoms with Gasteiger partial charge in [0.05, 0.1) is 6.20 Å². The van der Waals surface area contributed by atoms with Gasteiger partial charge in [-0.2, -0.15) is 0 Å². The Balaban J connectivity index is 2.13. The molecule has 5 heteroatoms. The maximum absolute atomic E-state index is 4.16. The molecule has 1 N–H and O–H groups in total. The zero-order chi connectivity index (χ0) is 11.2. The first-order chi connectivity index (χ1) is 7.90. The fourth-order valence-electron chi connectivity index (χ4n) is 1.25. The molecule has 2 rings (SSSR count). The Morgan fingerprint density at radius 3 is 2.69 bits per heavy atom. The third kappa shape index (κ3) is 2.50. The van der Waals surface area contributed by atoms with Gasteiger partial charge in [-0.3, -0.25) is 9.97 Å². The standard InChI is InChI=1S/C11H13N5/c1-2-5-14-11-4-3-9(15-16-11)10-8-12-6-7-13-10/h3-4,6-8H,2,5H2,1H3,(H,14,16). The van der Waals surface area contributed by atoms with Gasteiger partial charge in [0.1, 0.15) is 17.2 Å². The molecule has 0 saturated carbocycles. The van der Waals surface area contributed by atoms with Crippen molar-refractivity contribution in [2.24, 2.45) is 0 Å². The van der Waals surface area contributed by atoms with Crippen LogP contribution in [0.1, 0.15) is 13.3 Å². The summed E-state index contributed by atoms with van der Waals surface area (Å²) in [5.74, 6) is 0.787. The SMILES string of the molecule is CCCNc1ccc(-c2cnccn2)nn1. The van der Waals surface area contributed by atoms with Crippen molar-refractivity contribution in [1.82, 2.24) is 20.2 Å². The molecule has 0 atom stereocenters. The second-order valence-corrected chi connectivity index (χ2v) is 3.32. The van der Waals surface area contributed by atoms with E-state index in [1.807, 2.05) is 12.1 Å². The van der Waals surface area contributed by atoms with Gasteiger partial charge in [0.15, 0.2) is 0 Å². The van der Waals surface area contributed by atoms with Crippen LogP contribution in [0, 0.1) is 0 Å². The Bertz CT molecular complexity index is 426. The van der Waals surface area contributed by atoms with Crippen molar-refractivity contribution in [1.29, 1.82) is 0 Å². The minimum Gasteiger partial charge on any atom is -0.369 e. The topological polar surface area (TPSA) is 63.6 Å². The van der Waals surface area contributed by atoms with Crippen LogP contribution in [-0.4, -0.2) is 26.7 Å². The monoisotopic (exact) mass is 215 g/mol. The van der Waals surface area contributed by atoms with Crippen LogP contribution in [0.2, 0.25) is 0 Å². The molecule has 0 aliphatic carbocycles. The lowest BCUT2D eigenvalue weighted by molar-refractivity contribution is 0.943. The fourth-order valence-corrected chi connectivity index (χ4v) is 1.25. The molecule has 0 radical (unpaired) electrons. The van der Waals surface area contributed by atoms with Crippen molar-refractivity contribution in [3.63, 3.8) is 0 Å². The molecule has 0 fully saturated rings. The van der Waals surface area contributed by atoms with Gasteiger partial charge in [0.2, 0.25) is 0 Å². The summed E-state index contributed by atoms with van der Waals surface area (Å²) < 4.78 is 0. The van der Waals surface area contributed by atoms with Crippen molar-refractivity contribution >= 4 is 5.82 Å². The third-order valence-corrected chi connectivity index (χ3v) is 2.05. The molecule has 0 spiro atoms. The van der Waals surface area contributed by atoms with Gasteiger partial charge in [-0.25, -0.2) is 0 Å². The molecular weight excluding hydrogens is 202 g/mol. The highest BCUT2D eigenvalue weighted by atomic mass is 15.2. The number of hydrogen-bond donors (Lipinski definition) is 1. The lowest BCUT2D eigenvalue weighted by Crippen LogP contribution is -2.03. The number of aromatic nitrogens is 4. The quantitative estimate of drug-likeness (QED) is 0.841. The Labute approximate surface area is 94.0 Å². The van der Waals surface area contributed by atoms with Crippen LogP contribution < -0.4 is 5.32 Å². The minimum atomic E-state index is 0.732. The van der Waals surface area contributed by atoms with Gasteiger partial charge >= 0.3 is 0 Å². The largest absolute Gasteiger partial charge is 0.369 e. The van der Waals surface area contributed by atoms with Gasteiger partial charge in [-0.05, 0) is 18.6 Å². The van der Waals surface area contributed by atoms with E-state index in [4.69, 9.17) is 0 Å². The summed E-state index contributed by atoms with van der Waals surface area (Å²) in [6.45, 7) is 3.01. The van der Waals surface area contributed by atoms with E-state index in [0.29, 0.717) is 0 Å². The summed E-state index contributed by atoms with van der Waals surface area (Å²) in [5.41, 5.74) is 1.46. The molecule has 16 heavy (non-hydrogen) atoms. The zero-order valence-electron chi connectivity index (χ0n) is 9.09. The van der Waals surface area contributed by atoms with Crippen LogP contribution in [0.4, 0.5) is 5.82 Å². The highest BCUT2D eigenvalue weighted by molar-refractivity contribution is 5.53. The average Bonchev–Trinajstić information content (AvgIpc) is 2.38. The van der Waals surface area contributed by atoms with Crippen LogP contribution in [-0.2, 0) is 0 Å². The van der Waals surface area contributed by atoms with E-state index < -0.39 is 0 Å². The van der Waals surface area contributed by atoms with E-state index in [-0.39, 0.29) is 0 Å². The number of rotatable bonds is 4. The van der Waals surface area contributed by atoms with Gasteiger partial charge in [0, 0.05) is 18.9 Å². The number of nitrogens with one attached hydrogen (secondary N) is 1. The van der Waals surface area contributed by atoms with Gasteiger partial charge in [-0.15, -0.1) is 10.2 Å². The maximum Gasteiger partial charge on any atom is 0.148 e. The van der Waals surface area contributed by atoms with Crippen LogP contribution >= 0.6 is 0 Å². The Hall–Kier alpha value is -2.04. The lowest BCUT2D eigenvalue weighted by Gasteiger charge is -2.03. The lowest BCUT2D eigenvalue weighted by atomic mass is 10.3. The Kier molecular flexibility index (Phi) is 3.38. The van der Waals surface area contributed by atoms with E-state index in [0.717, 1.165) is 30.2 Å². The first kappa shape index (κ1) is 10.5. The van der Waals surface area contributed by atoms with Crippen LogP contribution in [0.3, 0.4) is 0 Å². The smallest absolute Gasteiger partial charge is 0.148 e. The van der Waals surface area contributed by atoms with E-state index in [9.17, 15) is 0 Å². The van der Waals surface area contributed by atoms with Crippen molar-refractivity contribution in [2.45, 2.75) is 13.3 Å². The molecule has 0 bridgehead atoms. The molecule has 2 aromatic rings. The molecule has 0 unspecified atom stereocenters. The molecular formula is C11H13N5. The van der Waals surface area contributed by atoms with Crippen LogP contribution in [0.5, 0.6) is 0 Å². The second-order valence-electron chi connectivity index (χ2n) is 3.32. The Morgan fingerprint density at radius 1 is 1.12 bits per heavy atom. The summed E-state index contributed by atoms with van der Waals surface area (Å²) in [5, 5.41) is 11.3. The first-order valence-corrected chi connectivity index (χ1v) is 5.24. The molecule has 0 aliphatic rings. The molecule has 2 aromatic heterocycles. The zero-order valence-corrected chi connectivity index (χ0v) is 9.09. The summed E-state index contributed by atoms with van der Waals surface area (Å²) in [6, 6.07) is 3.78. The summed E-state index contributed by atoms with van der Waals surface area (Å²) >= 11 is 0. The maximum atomic E-state index is 4.16. The minimum absolute atomic E-state index is 0.732. The predicted octanol–water partition coefficient (Wildman–Crippen LogP) is 1.76. The van der Waals surface area contributed by atoms with E-state index in [1.165, 1.54) is 0 Å². The molecule has 0 saturated heterocycles. The highest BCUT2D eigenvalue weighted by Gasteiger charge is 2.01. The van der Waals surface area contributed by atoms with E-state index >= 15 is 0 Å². The fraction of sp³-hybridized carbons (Fsp3) is 0.273. The van der Waals surface area contributed by atoms with Crippen molar-refractivity contribution in [3.8, 4) is 11.4 Å². The molecule has 5 nitrogen and oxygen atoms in total. The predicted molar refractivity (Wildman–Crippen MR) is 61.8 cm³/mol. The third-order valence-electron chi connectivity index (χ3n) is 2.05. The first-order valence-electron chi connectivity index (χ1n) is 5.24. The van der Waals surface area contributed by atoms with Crippen molar-refractivity contribution in [2.75, 3.05) is 11.9 Å². The second kappa shape index (κ2) is 5.16. The summed E-state index contributed by atoms with van der Waals surface area (Å²) in [7, 11) is 0. The number of nitrogens with zero attached hydrogens (tertiary/aromatic N) is 4. The molecule has 0 amide bonds. The summed E-state index contributed by atoms with van der Waals surface area (Å²) in [6.07, 6.45) is 6.01. The van der Waals surface area contributed by atoms with Gasteiger partial charge in [-0.1, -0.05) is 6.92 Å². The van der Waals surface area contributed by atoms with Gasteiger partial charge in [0.25, 0.3) is 0 Å². The van der Waals surface area contributed by atoms with Crippen molar-refractivity contribution in [3.05, 3.63) is 30.7 Å². The van der Waals surface area contributed by atoms with Crippen LogP contribution in [0.15, 0.2) is 30.7 Å². The van der Waals surface area contributed by atoms with Crippen LogP contribution in [0.25, 0.3) is 11.4 Å². The molecule has 0 aromatic carbocycles. The Morgan fingerprint density at radius 2 is 2.06 bits per heavy atom. The molecule has 0 aliphatic heterocycles. The number of hydrogen-bond acceptors (Lipinski definition) is 5. The number of anilines is 1. The normalized spacial score (nSPS) is 10.1. The van der Waals surface area contributed by atoms with E-state index in [2.05, 4.69) is 32.4 Å². The highest BCUT2D eigenvalue weighted by Crippen LogP contribution is 2.12. The van der Waals surface area contributed by atoms with Crippen molar-refractivity contribution < 1.29 is 0 Å².